The minimum absolute atomic E-state index is 0.252. The molecule has 0 aromatic carbocycles. The molecule has 0 saturated heterocycles. The summed E-state index contributed by atoms with van der Waals surface area (Å²) in [5, 5.41) is 3.11. The third kappa shape index (κ3) is 4.93. The highest BCUT2D eigenvalue weighted by Gasteiger charge is 2.17. The molecule has 5 heteroatoms. The summed E-state index contributed by atoms with van der Waals surface area (Å²) in [6, 6.07) is 0. The standard InChI is InChI=1S/C9H22N2O2S/c1-4-10-8-7-9-14(12,13)11(5-2)6-3/h10H,4-9H2,1-3H3. The zero-order chi connectivity index (χ0) is 11.0. The first-order chi connectivity index (χ1) is 6.58. The molecule has 0 atom stereocenters. The molecule has 0 aromatic heterocycles. The highest BCUT2D eigenvalue weighted by Crippen LogP contribution is 2.01. The summed E-state index contributed by atoms with van der Waals surface area (Å²) < 4.78 is 24.8. The SMILES string of the molecule is CCNCCCS(=O)(=O)N(CC)CC. The summed E-state index contributed by atoms with van der Waals surface area (Å²) in [6.07, 6.45) is 0.687. The molecule has 0 heterocycles. The number of hydrogen-bond donors (Lipinski definition) is 1. The van der Waals surface area contributed by atoms with Gasteiger partial charge in [0, 0.05) is 13.1 Å². The topological polar surface area (TPSA) is 49.4 Å². The molecule has 14 heavy (non-hydrogen) atoms. The van der Waals surface area contributed by atoms with Crippen LogP contribution in [0, 0.1) is 0 Å². The second kappa shape index (κ2) is 7.20. The fourth-order valence-electron chi connectivity index (χ4n) is 1.30. The molecule has 0 saturated carbocycles. The van der Waals surface area contributed by atoms with Crippen molar-refractivity contribution in [2.24, 2.45) is 0 Å². The van der Waals surface area contributed by atoms with Crippen LogP contribution in [0.4, 0.5) is 0 Å². The van der Waals surface area contributed by atoms with Crippen LogP contribution in [0.25, 0.3) is 0 Å². The van der Waals surface area contributed by atoms with E-state index in [9.17, 15) is 8.42 Å². The fraction of sp³-hybridized carbons (Fsp3) is 1.00. The molecular weight excluding hydrogens is 200 g/mol. The van der Waals surface area contributed by atoms with Crippen LogP contribution in [0.1, 0.15) is 27.2 Å². The average Bonchev–Trinajstić information content (AvgIpc) is 2.14. The van der Waals surface area contributed by atoms with Crippen LogP contribution in [0.15, 0.2) is 0 Å². The molecule has 0 rings (SSSR count). The van der Waals surface area contributed by atoms with E-state index in [1.807, 2.05) is 20.8 Å². The van der Waals surface area contributed by atoms with Crippen molar-refractivity contribution in [3.63, 3.8) is 0 Å². The monoisotopic (exact) mass is 222 g/mol. The van der Waals surface area contributed by atoms with Crippen molar-refractivity contribution < 1.29 is 8.42 Å². The van der Waals surface area contributed by atoms with Gasteiger partial charge in [0.1, 0.15) is 0 Å². The van der Waals surface area contributed by atoms with Crippen molar-refractivity contribution in [2.45, 2.75) is 27.2 Å². The Morgan fingerprint density at radius 1 is 1.14 bits per heavy atom. The maximum atomic E-state index is 11.7. The van der Waals surface area contributed by atoms with Crippen molar-refractivity contribution >= 4 is 10.0 Å². The predicted octanol–water partition coefficient (Wildman–Crippen LogP) is 0.658. The Kier molecular flexibility index (Phi) is 7.13. The number of nitrogens with one attached hydrogen (secondary N) is 1. The molecule has 0 aromatic rings. The summed E-state index contributed by atoms with van der Waals surface area (Å²) >= 11 is 0. The minimum Gasteiger partial charge on any atom is -0.317 e. The molecule has 4 nitrogen and oxygen atoms in total. The van der Waals surface area contributed by atoms with Gasteiger partial charge in [-0.25, -0.2) is 12.7 Å². The molecule has 0 bridgehead atoms. The number of rotatable bonds is 8. The van der Waals surface area contributed by atoms with Crippen LogP contribution in [0.5, 0.6) is 0 Å². The van der Waals surface area contributed by atoms with Gasteiger partial charge in [-0.2, -0.15) is 0 Å². The van der Waals surface area contributed by atoms with Gasteiger partial charge in [0.2, 0.25) is 10.0 Å². The van der Waals surface area contributed by atoms with E-state index in [1.165, 1.54) is 4.31 Å². The van der Waals surface area contributed by atoms with Crippen LogP contribution in [-0.2, 0) is 10.0 Å². The van der Waals surface area contributed by atoms with Gasteiger partial charge in [-0.1, -0.05) is 20.8 Å². The van der Waals surface area contributed by atoms with Gasteiger partial charge in [-0.15, -0.1) is 0 Å². The van der Waals surface area contributed by atoms with Crippen molar-refractivity contribution in [3.8, 4) is 0 Å². The van der Waals surface area contributed by atoms with E-state index in [2.05, 4.69) is 5.32 Å². The highest BCUT2D eigenvalue weighted by atomic mass is 32.2. The second-order valence-electron chi connectivity index (χ2n) is 3.11. The van der Waals surface area contributed by atoms with Gasteiger partial charge in [-0.3, -0.25) is 0 Å². The van der Waals surface area contributed by atoms with Crippen molar-refractivity contribution in [1.29, 1.82) is 0 Å². The molecular formula is C9H22N2O2S. The molecule has 0 fully saturated rings. The maximum Gasteiger partial charge on any atom is 0.214 e. The number of nitrogens with zero attached hydrogens (tertiary/aromatic N) is 1. The first-order valence-corrected chi connectivity index (χ1v) is 6.87. The smallest absolute Gasteiger partial charge is 0.214 e. The van der Waals surface area contributed by atoms with E-state index in [-0.39, 0.29) is 5.75 Å². The zero-order valence-electron chi connectivity index (χ0n) is 9.41. The lowest BCUT2D eigenvalue weighted by molar-refractivity contribution is 0.443. The average molecular weight is 222 g/mol. The Balaban J connectivity index is 3.94. The quantitative estimate of drug-likeness (QED) is 0.614. The lowest BCUT2D eigenvalue weighted by Crippen LogP contribution is -2.33. The minimum atomic E-state index is -3.01. The van der Waals surface area contributed by atoms with E-state index in [1.54, 1.807) is 0 Å². The molecule has 0 aliphatic carbocycles. The van der Waals surface area contributed by atoms with Crippen molar-refractivity contribution in [2.75, 3.05) is 31.9 Å². The zero-order valence-corrected chi connectivity index (χ0v) is 10.2. The molecule has 0 unspecified atom stereocenters. The van der Waals surface area contributed by atoms with E-state index >= 15 is 0 Å². The van der Waals surface area contributed by atoms with E-state index in [0.29, 0.717) is 19.5 Å². The first-order valence-electron chi connectivity index (χ1n) is 5.27. The lowest BCUT2D eigenvalue weighted by atomic mass is 10.5. The molecule has 0 aliphatic rings. The summed E-state index contributed by atoms with van der Waals surface area (Å²) in [7, 11) is -3.01. The van der Waals surface area contributed by atoms with Crippen LogP contribution < -0.4 is 5.32 Å². The van der Waals surface area contributed by atoms with Gasteiger partial charge in [0.15, 0.2) is 0 Å². The number of sulfonamides is 1. The van der Waals surface area contributed by atoms with Crippen LogP contribution >= 0.6 is 0 Å². The Bertz CT molecular complexity index is 223. The van der Waals surface area contributed by atoms with E-state index in [4.69, 9.17) is 0 Å². The predicted molar refractivity (Wildman–Crippen MR) is 59.9 cm³/mol. The van der Waals surface area contributed by atoms with Crippen molar-refractivity contribution in [3.05, 3.63) is 0 Å². The summed E-state index contributed by atoms with van der Waals surface area (Å²) in [5.41, 5.74) is 0. The third-order valence-electron chi connectivity index (χ3n) is 2.10. The van der Waals surface area contributed by atoms with Gasteiger partial charge in [0.05, 0.1) is 5.75 Å². The second-order valence-corrected chi connectivity index (χ2v) is 5.20. The summed E-state index contributed by atoms with van der Waals surface area (Å²) in [4.78, 5) is 0. The van der Waals surface area contributed by atoms with Gasteiger partial charge >= 0.3 is 0 Å². The fourth-order valence-corrected chi connectivity index (χ4v) is 2.86. The highest BCUT2D eigenvalue weighted by molar-refractivity contribution is 7.89. The van der Waals surface area contributed by atoms with E-state index < -0.39 is 10.0 Å². The molecule has 1 N–H and O–H groups in total. The third-order valence-corrected chi connectivity index (χ3v) is 4.21. The number of hydrogen-bond acceptors (Lipinski definition) is 3. The summed E-state index contributed by atoms with van der Waals surface area (Å²) in [6.45, 7) is 8.55. The van der Waals surface area contributed by atoms with Crippen molar-refractivity contribution in [1.82, 2.24) is 9.62 Å². The Labute approximate surface area is 87.7 Å². The van der Waals surface area contributed by atoms with Crippen LogP contribution in [0.3, 0.4) is 0 Å². The first kappa shape index (κ1) is 13.9. The molecule has 86 valence electrons. The van der Waals surface area contributed by atoms with Gasteiger partial charge in [0.25, 0.3) is 0 Å². The Morgan fingerprint density at radius 3 is 2.14 bits per heavy atom. The normalized spacial score (nSPS) is 12.3. The maximum absolute atomic E-state index is 11.7. The largest absolute Gasteiger partial charge is 0.317 e. The Morgan fingerprint density at radius 2 is 1.71 bits per heavy atom. The molecule has 0 amide bonds. The Hall–Kier alpha value is -0.130. The molecule has 0 aliphatic heterocycles. The van der Waals surface area contributed by atoms with Crippen LogP contribution in [0.2, 0.25) is 0 Å². The van der Waals surface area contributed by atoms with Crippen LogP contribution in [-0.4, -0.2) is 44.7 Å². The molecule has 0 radical (unpaired) electrons. The lowest BCUT2D eigenvalue weighted by Gasteiger charge is -2.18. The van der Waals surface area contributed by atoms with Gasteiger partial charge in [-0.05, 0) is 19.5 Å². The summed E-state index contributed by atoms with van der Waals surface area (Å²) in [5.74, 6) is 0.252. The van der Waals surface area contributed by atoms with E-state index in [0.717, 1.165) is 13.1 Å². The van der Waals surface area contributed by atoms with Gasteiger partial charge < -0.3 is 5.32 Å². The molecule has 0 spiro atoms.